The lowest BCUT2D eigenvalue weighted by Crippen LogP contribution is -2.48. The maximum atomic E-state index is 12.3. The molecule has 0 bridgehead atoms. The highest BCUT2D eigenvalue weighted by Gasteiger charge is 2.21. The van der Waals surface area contributed by atoms with Crippen LogP contribution in [0.5, 0.6) is 0 Å². The number of piperazine rings is 1. The minimum Gasteiger partial charge on any atom is -0.346 e. The molecule has 1 fully saturated rings. The van der Waals surface area contributed by atoms with E-state index in [9.17, 15) is 4.79 Å². The number of carbonyl (C=O) groups is 1. The van der Waals surface area contributed by atoms with Crippen molar-refractivity contribution in [2.45, 2.75) is 0 Å². The molecule has 3 aromatic rings. The molecule has 1 amide bonds. The highest BCUT2D eigenvalue weighted by Crippen LogP contribution is 2.28. The number of amides is 1. The van der Waals surface area contributed by atoms with Crippen LogP contribution in [0.25, 0.3) is 11.3 Å². The van der Waals surface area contributed by atoms with Crippen LogP contribution in [0.4, 0.5) is 10.8 Å². The van der Waals surface area contributed by atoms with Gasteiger partial charge in [0.1, 0.15) is 0 Å². The van der Waals surface area contributed by atoms with Crippen molar-refractivity contribution in [3.05, 3.63) is 65.0 Å². The summed E-state index contributed by atoms with van der Waals surface area (Å²) in [4.78, 5) is 21.5. The number of nitrogens with zero attached hydrogens (tertiary/aromatic N) is 3. The minimum atomic E-state index is -0.0397. The van der Waals surface area contributed by atoms with E-state index in [4.69, 9.17) is 16.6 Å². The summed E-state index contributed by atoms with van der Waals surface area (Å²) in [5, 5.41) is 6.59. The van der Waals surface area contributed by atoms with Gasteiger partial charge in [0.25, 0.3) is 0 Å². The van der Waals surface area contributed by atoms with Crippen molar-refractivity contribution < 1.29 is 4.79 Å². The molecular formula is C21H21ClN4OS. The van der Waals surface area contributed by atoms with Crippen molar-refractivity contribution >= 4 is 39.7 Å². The maximum absolute atomic E-state index is 12.3. The van der Waals surface area contributed by atoms with Crippen molar-refractivity contribution in [2.75, 3.05) is 42.9 Å². The summed E-state index contributed by atoms with van der Waals surface area (Å²) in [5.74, 6) is -0.0397. The summed E-state index contributed by atoms with van der Waals surface area (Å²) in [6, 6.07) is 17.5. The molecule has 0 aliphatic carbocycles. The molecule has 0 atom stereocenters. The van der Waals surface area contributed by atoms with E-state index in [1.807, 2.05) is 36.4 Å². The van der Waals surface area contributed by atoms with Gasteiger partial charge in [-0.25, -0.2) is 4.98 Å². The summed E-state index contributed by atoms with van der Waals surface area (Å²) >= 11 is 7.78. The largest absolute Gasteiger partial charge is 0.346 e. The summed E-state index contributed by atoms with van der Waals surface area (Å²) < 4.78 is 0. The molecule has 1 N–H and O–H groups in total. The van der Waals surface area contributed by atoms with Crippen LogP contribution in [-0.2, 0) is 4.79 Å². The molecule has 0 radical (unpaired) electrons. The second kappa shape index (κ2) is 8.73. The quantitative estimate of drug-likeness (QED) is 0.681. The van der Waals surface area contributed by atoms with Crippen LogP contribution >= 0.6 is 22.9 Å². The fourth-order valence-corrected chi connectivity index (χ4v) is 4.28. The number of benzene rings is 2. The maximum Gasteiger partial charge on any atom is 0.238 e. The number of thiazole rings is 1. The van der Waals surface area contributed by atoms with E-state index in [1.54, 1.807) is 17.4 Å². The van der Waals surface area contributed by atoms with Crippen molar-refractivity contribution in [1.29, 1.82) is 0 Å². The number of carbonyl (C=O) groups excluding carboxylic acids is 1. The highest BCUT2D eigenvalue weighted by molar-refractivity contribution is 7.14. The van der Waals surface area contributed by atoms with Crippen LogP contribution in [-0.4, -0.2) is 48.5 Å². The van der Waals surface area contributed by atoms with Crippen LogP contribution in [0.15, 0.2) is 60.0 Å². The van der Waals surface area contributed by atoms with E-state index in [-0.39, 0.29) is 5.91 Å². The summed E-state index contributed by atoms with van der Waals surface area (Å²) in [6.07, 6.45) is 0. The zero-order chi connectivity index (χ0) is 19.3. The van der Waals surface area contributed by atoms with Gasteiger partial charge in [-0.1, -0.05) is 54.1 Å². The monoisotopic (exact) mass is 412 g/mol. The zero-order valence-corrected chi connectivity index (χ0v) is 16.9. The van der Waals surface area contributed by atoms with Gasteiger partial charge in [0.15, 0.2) is 5.13 Å². The van der Waals surface area contributed by atoms with E-state index in [0.29, 0.717) is 17.3 Å². The van der Waals surface area contributed by atoms with Crippen molar-refractivity contribution in [3.63, 3.8) is 0 Å². The molecule has 0 saturated carbocycles. The summed E-state index contributed by atoms with van der Waals surface area (Å²) in [5.41, 5.74) is 2.81. The third-order valence-electron chi connectivity index (χ3n) is 4.72. The predicted octanol–water partition coefficient (Wildman–Crippen LogP) is 4.22. The summed E-state index contributed by atoms with van der Waals surface area (Å²) in [6.45, 7) is 3.75. The topological polar surface area (TPSA) is 48.5 Å². The van der Waals surface area contributed by atoms with Gasteiger partial charge in [-0.2, -0.15) is 0 Å². The van der Waals surface area contributed by atoms with Gasteiger partial charge in [-0.3, -0.25) is 9.69 Å². The average Bonchev–Trinajstić information content (AvgIpc) is 3.21. The van der Waals surface area contributed by atoms with Gasteiger partial charge in [0.05, 0.1) is 22.9 Å². The normalized spacial score (nSPS) is 14.8. The second-order valence-electron chi connectivity index (χ2n) is 6.67. The molecule has 0 spiro atoms. The van der Waals surface area contributed by atoms with E-state index >= 15 is 0 Å². The Morgan fingerprint density at radius 1 is 1.04 bits per heavy atom. The van der Waals surface area contributed by atoms with Gasteiger partial charge in [-0.05, 0) is 12.1 Å². The smallest absolute Gasteiger partial charge is 0.238 e. The Hall–Kier alpha value is -2.41. The Labute approximate surface area is 173 Å². The number of hydrogen-bond donors (Lipinski definition) is 1. The van der Waals surface area contributed by atoms with Crippen molar-refractivity contribution in [1.82, 2.24) is 9.88 Å². The van der Waals surface area contributed by atoms with Crippen molar-refractivity contribution in [3.8, 4) is 11.3 Å². The molecule has 2 heterocycles. The van der Waals surface area contributed by atoms with E-state index in [2.05, 4.69) is 32.6 Å². The third-order valence-corrected chi connectivity index (χ3v) is 5.95. The molecule has 2 aromatic carbocycles. The van der Waals surface area contributed by atoms with Gasteiger partial charge in [0, 0.05) is 37.1 Å². The fourth-order valence-electron chi connectivity index (χ4n) is 3.20. The van der Waals surface area contributed by atoms with E-state index in [1.165, 1.54) is 0 Å². The number of aromatic nitrogens is 1. The number of hydrogen-bond acceptors (Lipinski definition) is 5. The van der Waals surface area contributed by atoms with Gasteiger partial charge >= 0.3 is 0 Å². The van der Waals surface area contributed by atoms with Crippen molar-refractivity contribution in [2.24, 2.45) is 0 Å². The van der Waals surface area contributed by atoms with Crippen LogP contribution in [0.3, 0.4) is 0 Å². The Morgan fingerprint density at radius 2 is 1.75 bits per heavy atom. The number of para-hydroxylation sites is 1. The number of nitrogens with one attached hydrogen (secondary N) is 1. The molecule has 144 valence electrons. The fraction of sp³-hybridized carbons (Fsp3) is 0.238. The lowest BCUT2D eigenvalue weighted by molar-refractivity contribution is -0.117. The lowest BCUT2D eigenvalue weighted by atomic mass is 10.2. The summed E-state index contributed by atoms with van der Waals surface area (Å²) in [7, 11) is 0. The van der Waals surface area contributed by atoms with E-state index < -0.39 is 0 Å². The average molecular weight is 413 g/mol. The number of rotatable bonds is 5. The number of anilines is 2. The first kappa shape index (κ1) is 18.9. The van der Waals surface area contributed by atoms with Crippen LogP contribution in [0, 0.1) is 0 Å². The Bertz CT molecular complexity index is 938. The Balaban J connectivity index is 1.30. The molecule has 1 aliphatic rings. The zero-order valence-electron chi connectivity index (χ0n) is 15.3. The first-order valence-electron chi connectivity index (χ1n) is 9.22. The van der Waals surface area contributed by atoms with E-state index in [0.717, 1.165) is 42.6 Å². The Morgan fingerprint density at radius 3 is 2.50 bits per heavy atom. The van der Waals surface area contributed by atoms with Crippen LogP contribution < -0.4 is 10.2 Å². The standard InChI is InChI=1S/C21H21ClN4OS/c22-17-8-4-5-9-18(17)23-20(27)14-25-10-12-26(13-11-25)21-24-19(15-28-21)16-6-2-1-3-7-16/h1-9,15H,10-14H2,(H,23,27). The van der Waals surface area contributed by atoms with Crippen LogP contribution in [0.2, 0.25) is 5.02 Å². The first-order chi connectivity index (χ1) is 13.7. The lowest BCUT2D eigenvalue weighted by Gasteiger charge is -2.34. The second-order valence-corrected chi connectivity index (χ2v) is 7.92. The molecule has 4 rings (SSSR count). The molecule has 0 unspecified atom stereocenters. The Kier molecular flexibility index (Phi) is 5.90. The number of halogens is 1. The highest BCUT2D eigenvalue weighted by atomic mass is 35.5. The predicted molar refractivity (Wildman–Crippen MR) is 116 cm³/mol. The SMILES string of the molecule is O=C(CN1CCN(c2nc(-c3ccccc3)cs2)CC1)Nc1ccccc1Cl. The molecule has 7 heteroatoms. The third kappa shape index (κ3) is 4.52. The first-order valence-corrected chi connectivity index (χ1v) is 10.5. The molecule has 1 saturated heterocycles. The molecule has 28 heavy (non-hydrogen) atoms. The van der Waals surface area contributed by atoms with Gasteiger partial charge in [0.2, 0.25) is 5.91 Å². The van der Waals surface area contributed by atoms with Crippen LogP contribution in [0.1, 0.15) is 0 Å². The van der Waals surface area contributed by atoms with Gasteiger partial charge < -0.3 is 10.2 Å². The van der Waals surface area contributed by atoms with Gasteiger partial charge in [-0.15, -0.1) is 11.3 Å². The minimum absolute atomic E-state index is 0.0397. The molecule has 1 aromatic heterocycles. The molecule has 1 aliphatic heterocycles. The molecular weight excluding hydrogens is 392 g/mol. The molecule has 5 nitrogen and oxygen atoms in total.